The molecule has 8 heteroatoms. The van der Waals surface area contributed by atoms with Crippen LogP contribution in [0, 0.1) is 6.92 Å². The van der Waals surface area contributed by atoms with E-state index < -0.39 is 6.10 Å². The lowest BCUT2D eigenvalue weighted by Crippen LogP contribution is -2.28. The lowest BCUT2D eigenvalue weighted by Gasteiger charge is -2.19. The molecule has 126 valence electrons. The Kier molecular flexibility index (Phi) is 5.17. The molecule has 1 atom stereocenters. The Bertz CT molecular complexity index is 741. The van der Waals surface area contributed by atoms with E-state index in [1.807, 2.05) is 31.2 Å². The number of ether oxygens (including phenoxy) is 1. The number of rotatable bonds is 6. The predicted molar refractivity (Wildman–Crippen MR) is 92.6 cm³/mol. The number of anilines is 2. The lowest BCUT2D eigenvalue weighted by molar-refractivity contribution is -0.113. The fraction of sp³-hybridized carbons (Fsp3) is 0.312. The van der Waals surface area contributed by atoms with E-state index in [4.69, 9.17) is 4.74 Å². The highest BCUT2D eigenvalue weighted by Crippen LogP contribution is 2.33. The van der Waals surface area contributed by atoms with Crippen LogP contribution in [-0.2, 0) is 4.79 Å². The summed E-state index contributed by atoms with van der Waals surface area (Å²) < 4.78 is 5.57. The van der Waals surface area contributed by atoms with E-state index in [1.165, 1.54) is 18.1 Å². The zero-order chi connectivity index (χ0) is 16.9. The fourth-order valence-corrected chi connectivity index (χ4v) is 2.96. The van der Waals surface area contributed by atoms with E-state index in [9.17, 15) is 9.90 Å². The van der Waals surface area contributed by atoms with Crippen LogP contribution in [0.1, 0.15) is 5.56 Å². The molecule has 7 nitrogen and oxygen atoms in total. The van der Waals surface area contributed by atoms with Gasteiger partial charge in [0.2, 0.25) is 5.91 Å². The monoisotopic (exact) mass is 346 g/mol. The van der Waals surface area contributed by atoms with Crippen molar-refractivity contribution in [3.8, 4) is 5.75 Å². The first-order valence-corrected chi connectivity index (χ1v) is 8.49. The van der Waals surface area contributed by atoms with Gasteiger partial charge in [-0.15, -0.1) is 0 Å². The number of amides is 1. The SMILES string of the molecule is Cc1cccc(OCC(O)CNc2ncnc3c2NC(=O)CS3)c1. The van der Waals surface area contributed by atoms with Crippen LogP contribution in [0.25, 0.3) is 0 Å². The average Bonchev–Trinajstić information content (AvgIpc) is 2.58. The van der Waals surface area contributed by atoms with E-state index >= 15 is 0 Å². The number of carbonyl (C=O) groups is 1. The van der Waals surface area contributed by atoms with E-state index in [-0.39, 0.29) is 19.1 Å². The first-order valence-electron chi connectivity index (χ1n) is 7.51. The summed E-state index contributed by atoms with van der Waals surface area (Å²) in [4.78, 5) is 19.8. The van der Waals surface area contributed by atoms with Crippen molar-refractivity contribution in [3.63, 3.8) is 0 Å². The molecular formula is C16H18N4O3S. The van der Waals surface area contributed by atoms with Crippen LogP contribution in [-0.4, -0.2) is 46.0 Å². The summed E-state index contributed by atoms with van der Waals surface area (Å²) in [5.41, 5.74) is 1.66. The van der Waals surface area contributed by atoms with Crippen LogP contribution in [0.4, 0.5) is 11.5 Å². The molecule has 1 amide bonds. The molecule has 0 spiro atoms. The van der Waals surface area contributed by atoms with Crippen molar-refractivity contribution in [2.75, 3.05) is 29.5 Å². The van der Waals surface area contributed by atoms with Crippen molar-refractivity contribution in [2.24, 2.45) is 0 Å². The molecule has 0 saturated heterocycles. The Balaban J connectivity index is 1.55. The molecule has 3 rings (SSSR count). The number of thioether (sulfide) groups is 1. The first-order chi connectivity index (χ1) is 11.6. The molecule has 0 saturated carbocycles. The third kappa shape index (κ3) is 4.15. The minimum absolute atomic E-state index is 0.0892. The number of nitrogens with one attached hydrogen (secondary N) is 2. The van der Waals surface area contributed by atoms with E-state index in [0.717, 1.165) is 16.3 Å². The average molecular weight is 346 g/mol. The maximum Gasteiger partial charge on any atom is 0.234 e. The summed E-state index contributed by atoms with van der Waals surface area (Å²) >= 11 is 1.36. The van der Waals surface area contributed by atoms with Gasteiger partial charge in [-0.25, -0.2) is 9.97 Å². The quantitative estimate of drug-likeness (QED) is 0.685. The molecule has 0 bridgehead atoms. The minimum Gasteiger partial charge on any atom is -0.491 e. The molecule has 1 aromatic heterocycles. The van der Waals surface area contributed by atoms with E-state index in [1.54, 1.807) is 0 Å². The van der Waals surface area contributed by atoms with Gasteiger partial charge in [-0.2, -0.15) is 0 Å². The highest BCUT2D eigenvalue weighted by Gasteiger charge is 2.21. The number of benzene rings is 1. The van der Waals surface area contributed by atoms with Gasteiger partial charge in [0.05, 0.1) is 5.75 Å². The third-order valence-corrected chi connectivity index (χ3v) is 4.34. The lowest BCUT2D eigenvalue weighted by atomic mass is 10.2. The number of fused-ring (bicyclic) bond motifs is 1. The Labute approximate surface area is 143 Å². The molecule has 0 fully saturated rings. The molecule has 2 heterocycles. The summed E-state index contributed by atoms with van der Waals surface area (Å²) in [7, 11) is 0. The predicted octanol–water partition coefficient (Wildman–Crippen LogP) is 1.68. The second kappa shape index (κ2) is 7.50. The van der Waals surface area contributed by atoms with Gasteiger partial charge >= 0.3 is 0 Å². The van der Waals surface area contributed by atoms with Gasteiger partial charge in [0, 0.05) is 6.54 Å². The van der Waals surface area contributed by atoms with Crippen LogP contribution < -0.4 is 15.4 Å². The maximum absolute atomic E-state index is 11.5. The standard InChI is InChI=1S/C16H18N4O3S/c1-10-3-2-4-12(5-10)23-7-11(21)6-17-15-14-16(19-9-18-15)24-8-13(22)20-14/h2-5,9,11,21H,6-8H2,1H3,(H,20,22)(H,17,18,19). The van der Waals surface area contributed by atoms with Crippen molar-refractivity contribution in [3.05, 3.63) is 36.2 Å². The summed E-state index contributed by atoms with van der Waals surface area (Å²) in [5.74, 6) is 1.47. The summed E-state index contributed by atoms with van der Waals surface area (Å²) in [6, 6.07) is 7.65. The number of aliphatic hydroxyl groups is 1. The number of aromatic nitrogens is 2. The largest absolute Gasteiger partial charge is 0.491 e. The smallest absolute Gasteiger partial charge is 0.234 e. The highest BCUT2D eigenvalue weighted by molar-refractivity contribution is 8.00. The third-order valence-electron chi connectivity index (χ3n) is 3.35. The van der Waals surface area contributed by atoms with Gasteiger partial charge in [0.15, 0.2) is 5.82 Å². The molecule has 2 aromatic rings. The Hall–Kier alpha value is -2.32. The van der Waals surface area contributed by atoms with Gasteiger partial charge in [0.25, 0.3) is 0 Å². The van der Waals surface area contributed by atoms with Crippen molar-refractivity contribution >= 4 is 29.2 Å². The molecule has 0 aliphatic carbocycles. The van der Waals surface area contributed by atoms with Crippen molar-refractivity contribution in [1.29, 1.82) is 0 Å². The molecule has 1 aliphatic heterocycles. The normalized spacial score (nSPS) is 14.5. The summed E-state index contributed by atoms with van der Waals surface area (Å²) in [6.45, 7) is 2.38. The van der Waals surface area contributed by atoms with Gasteiger partial charge in [-0.3, -0.25) is 4.79 Å². The second-order valence-corrected chi connectivity index (χ2v) is 6.37. The molecule has 24 heavy (non-hydrogen) atoms. The molecule has 0 radical (unpaired) electrons. The van der Waals surface area contributed by atoms with Gasteiger partial charge in [0.1, 0.15) is 35.5 Å². The number of aryl methyl sites for hydroxylation is 1. The number of hydrogen-bond donors (Lipinski definition) is 3. The Morgan fingerprint density at radius 3 is 3.17 bits per heavy atom. The van der Waals surface area contributed by atoms with Crippen molar-refractivity contribution in [1.82, 2.24) is 9.97 Å². The van der Waals surface area contributed by atoms with Gasteiger partial charge in [-0.1, -0.05) is 23.9 Å². The second-order valence-electron chi connectivity index (χ2n) is 5.40. The van der Waals surface area contributed by atoms with E-state index in [0.29, 0.717) is 17.3 Å². The van der Waals surface area contributed by atoms with Crippen LogP contribution in [0.3, 0.4) is 0 Å². The van der Waals surface area contributed by atoms with Crippen LogP contribution >= 0.6 is 11.8 Å². The van der Waals surface area contributed by atoms with Crippen LogP contribution in [0.5, 0.6) is 5.75 Å². The van der Waals surface area contributed by atoms with Crippen LogP contribution in [0.2, 0.25) is 0 Å². The number of hydrogen-bond acceptors (Lipinski definition) is 7. The van der Waals surface area contributed by atoms with Crippen molar-refractivity contribution in [2.45, 2.75) is 18.1 Å². The number of carbonyl (C=O) groups excluding carboxylic acids is 1. The topological polar surface area (TPSA) is 96.4 Å². The highest BCUT2D eigenvalue weighted by atomic mass is 32.2. The maximum atomic E-state index is 11.5. The Morgan fingerprint density at radius 1 is 1.46 bits per heavy atom. The molecular weight excluding hydrogens is 328 g/mol. The molecule has 3 N–H and O–H groups in total. The molecule has 1 unspecified atom stereocenters. The fourth-order valence-electron chi connectivity index (χ4n) is 2.21. The van der Waals surface area contributed by atoms with E-state index in [2.05, 4.69) is 20.6 Å². The zero-order valence-corrected chi connectivity index (χ0v) is 14.0. The van der Waals surface area contributed by atoms with Gasteiger partial charge in [-0.05, 0) is 24.6 Å². The summed E-state index contributed by atoms with van der Waals surface area (Å²) in [6.07, 6.45) is 0.712. The molecule has 1 aliphatic rings. The Morgan fingerprint density at radius 2 is 2.33 bits per heavy atom. The van der Waals surface area contributed by atoms with Crippen molar-refractivity contribution < 1.29 is 14.6 Å². The minimum atomic E-state index is -0.719. The van der Waals surface area contributed by atoms with Gasteiger partial charge < -0.3 is 20.5 Å². The molecule has 1 aromatic carbocycles. The summed E-state index contributed by atoms with van der Waals surface area (Å²) in [5, 5.41) is 16.6. The number of aliphatic hydroxyl groups excluding tert-OH is 1. The van der Waals surface area contributed by atoms with Crippen LogP contribution in [0.15, 0.2) is 35.6 Å². The number of nitrogens with zero attached hydrogens (tertiary/aromatic N) is 2. The first kappa shape index (κ1) is 16.5. The zero-order valence-electron chi connectivity index (χ0n) is 13.2.